The Hall–Kier alpha value is -2.90. The van der Waals surface area contributed by atoms with Crippen molar-refractivity contribution in [2.24, 2.45) is 0 Å². The molecule has 3 rings (SSSR count). The number of methoxy groups -OCH3 is 2. The van der Waals surface area contributed by atoms with E-state index in [4.69, 9.17) is 21.1 Å². The largest absolute Gasteiger partial charge is 0.476 e. The Morgan fingerprint density at radius 3 is 2.41 bits per heavy atom. The van der Waals surface area contributed by atoms with E-state index in [0.717, 1.165) is 20.4 Å². The van der Waals surface area contributed by atoms with Crippen molar-refractivity contribution < 1.29 is 9.47 Å². The smallest absolute Gasteiger partial charge is 0.352 e. The molecule has 0 aliphatic heterocycles. The lowest BCUT2D eigenvalue weighted by Gasteiger charge is -2.14. The lowest BCUT2D eigenvalue weighted by atomic mass is 10.2. The van der Waals surface area contributed by atoms with Crippen LogP contribution in [0.1, 0.15) is 11.1 Å². The maximum atomic E-state index is 13.0. The molecule has 0 amide bonds. The number of hydrogen-bond acceptors (Lipinski definition) is 5. The van der Waals surface area contributed by atoms with E-state index in [1.54, 1.807) is 43.5 Å². The molecule has 0 radical (unpaired) electrons. The van der Waals surface area contributed by atoms with Gasteiger partial charge in [-0.25, -0.2) is 9.36 Å². The first-order valence-corrected chi connectivity index (χ1v) is 8.52. The number of para-hydroxylation sites is 1. The Bertz CT molecular complexity index is 1060. The minimum Gasteiger partial charge on any atom is -0.476 e. The van der Waals surface area contributed by atoms with Crippen molar-refractivity contribution in [3.63, 3.8) is 0 Å². The van der Waals surface area contributed by atoms with Crippen molar-refractivity contribution in [3.05, 3.63) is 85.5 Å². The van der Waals surface area contributed by atoms with E-state index in [1.807, 2.05) is 12.1 Å². The fourth-order valence-electron chi connectivity index (χ4n) is 2.68. The highest BCUT2D eigenvalue weighted by Gasteiger charge is 2.17. The van der Waals surface area contributed by atoms with Crippen molar-refractivity contribution in [2.75, 3.05) is 14.2 Å². The second-order valence-electron chi connectivity index (χ2n) is 5.78. The van der Waals surface area contributed by atoms with Gasteiger partial charge < -0.3 is 9.47 Å². The summed E-state index contributed by atoms with van der Waals surface area (Å²) >= 11 is 5.90. The van der Waals surface area contributed by atoms with Crippen molar-refractivity contribution in [1.29, 1.82) is 0 Å². The van der Waals surface area contributed by atoms with Crippen LogP contribution >= 0.6 is 11.6 Å². The number of benzene rings is 2. The number of nitrogens with zero attached hydrogens (tertiary/aromatic N) is 3. The third-order valence-electron chi connectivity index (χ3n) is 4.00. The highest BCUT2D eigenvalue weighted by atomic mass is 35.5. The van der Waals surface area contributed by atoms with Crippen molar-refractivity contribution in [2.45, 2.75) is 13.2 Å². The minimum absolute atomic E-state index is 0.0696. The number of rotatable bonds is 6. The molecule has 0 N–H and O–H groups in total. The second kappa shape index (κ2) is 8.20. The van der Waals surface area contributed by atoms with Gasteiger partial charge in [-0.3, -0.25) is 4.79 Å². The molecule has 7 nitrogen and oxygen atoms in total. The molecule has 0 saturated heterocycles. The van der Waals surface area contributed by atoms with Crippen LogP contribution in [0.4, 0.5) is 0 Å². The van der Waals surface area contributed by atoms with Gasteiger partial charge in [-0.2, -0.15) is 4.68 Å². The Balaban J connectivity index is 2.18. The summed E-state index contributed by atoms with van der Waals surface area (Å²) in [6.45, 7) is 0.364. The molecule has 0 aliphatic rings. The molecular weight excluding hydrogens is 370 g/mol. The highest BCUT2D eigenvalue weighted by molar-refractivity contribution is 6.30. The van der Waals surface area contributed by atoms with Crippen LogP contribution in [0.2, 0.25) is 5.02 Å². The summed E-state index contributed by atoms with van der Waals surface area (Å²) in [7, 11) is 2.90. The summed E-state index contributed by atoms with van der Waals surface area (Å²) in [5, 5.41) is 4.67. The van der Waals surface area contributed by atoms with E-state index in [1.165, 1.54) is 7.11 Å². The monoisotopic (exact) mass is 387 g/mol. The average Bonchev–Trinajstić information content (AvgIpc) is 2.68. The van der Waals surface area contributed by atoms with Gasteiger partial charge in [0.25, 0.3) is 5.88 Å². The molecule has 8 heteroatoms. The molecule has 0 aliphatic carbocycles. The first kappa shape index (κ1) is 18.9. The summed E-state index contributed by atoms with van der Waals surface area (Å²) in [6.07, 6.45) is 0. The normalized spacial score (nSPS) is 10.8. The molecule has 2 aromatic carbocycles. The lowest BCUT2D eigenvalue weighted by molar-refractivity contribution is 0.184. The standard InChI is InChI=1S/C19H18ClN3O4/c1-26-12-14-5-3-4-6-16(14)23-19(25)22(18(24)17(21-23)27-2)11-13-7-9-15(20)10-8-13/h3-10H,11-12H2,1-2H3. The van der Waals surface area contributed by atoms with Gasteiger partial charge in [0.2, 0.25) is 0 Å². The first-order chi connectivity index (χ1) is 13.0. The summed E-state index contributed by atoms with van der Waals surface area (Å²) in [5.74, 6) is -0.171. The van der Waals surface area contributed by atoms with Crippen LogP contribution in [0, 0.1) is 0 Å². The minimum atomic E-state index is -0.599. The Kier molecular flexibility index (Phi) is 5.73. The molecule has 1 heterocycles. The third-order valence-corrected chi connectivity index (χ3v) is 4.25. The number of hydrogen-bond donors (Lipinski definition) is 0. The molecular formula is C19H18ClN3O4. The van der Waals surface area contributed by atoms with Gasteiger partial charge in [-0.1, -0.05) is 41.9 Å². The predicted molar refractivity (Wildman–Crippen MR) is 102 cm³/mol. The average molecular weight is 388 g/mol. The topological polar surface area (TPSA) is 75.3 Å². The third kappa shape index (κ3) is 3.94. The Morgan fingerprint density at radius 1 is 1.04 bits per heavy atom. The van der Waals surface area contributed by atoms with Gasteiger partial charge in [0.15, 0.2) is 0 Å². The van der Waals surface area contributed by atoms with Gasteiger partial charge in [-0.15, -0.1) is 5.10 Å². The molecule has 1 aromatic heterocycles. The quantitative estimate of drug-likeness (QED) is 0.648. The van der Waals surface area contributed by atoms with Crippen LogP contribution < -0.4 is 16.0 Å². The zero-order valence-electron chi connectivity index (χ0n) is 14.9. The lowest BCUT2D eigenvalue weighted by Crippen LogP contribution is -2.41. The number of halogens is 1. The van der Waals surface area contributed by atoms with Crippen LogP contribution in [0.3, 0.4) is 0 Å². The first-order valence-electron chi connectivity index (χ1n) is 8.15. The summed E-state index contributed by atoms with van der Waals surface area (Å²) < 4.78 is 12.5. The van der Waals surface area contributed by atoms with Gasteiger partial charge in [0.1, 0.15) is 0 Å². The van der Waals surface area contributed by atoms with Crippen LogP contribution in [0.15, 0.2) is 58.1 Å². The summed E-state index contributed by atoms with van der Waals surface area (Å²) in [6, 6.07) is 14.1. The molecule has 0 atom stereocenters. The van der Waals surface area contributed by atoms with Gasteiger partial charge in [-0.05, 0) is 23.8 Å². The predicted octanol–water partition coefficient (Wildman–Crippen LogP) is 2.25. The van der Waals surface area contributed by atoms with Crippen molar-refractivity contribution in [1.82, 2.24) is 14.3 Å². The number of ether oxygens (including phenoxy) is 2. The molecule has 140 valence electrons. The summed E-state index contributed by atoms with van der Waals surface area (Å²) in [4.78, 5) is 25.6. The highest BCUT2D eigenvalue weighted by Crippen LogP contribution is 2.14. The van der Waals surface area contributed by atoms with Gasteiger partial charge in [0.05, 0.1) is 25.9 Å². The zero-order chi connectivity index (χ0) is 19.4. The molecule has 3 aromatic rings. The maximum absolute atomic E-state index is 13.0. The maximum Gasteiger partial charge on any atom is 0.352 e. The SMILES string of the molecule is COCc1ccccc1-n1nc(OC)c(=O)n(Cc2ccc(Cl)cc2)c1=O. The van der Waals surface area contributed by atoms with Crippen LogP contribution in [-0.2, 0) is 17.9 Å². The molecule has 27 heavy (non-hydrogen) atoms. The Morgan fingerprint density at radius 2 is 1.74 bits per heavy atom. The molecule has 0 fully saturated rings. The molecule has 0 saturated carbocycles. The fraction of sp³-hybridized carbons (Fsp3) is 0.211. The van der Waals surface area contributed by atoms with E-state index < -0.39 is 11.2 Å². The molecule has 0 unspecified atom stereocenters. The van der Waals surface area contributed by atoms with Gasteiger partial charge in [0, 0.05) is 17.7 Å². The van der Waals surface area contributed by atoms with Crippen LogP contribution in [0.25, 0.3) is 5.69 Å². The molecule has 0 bridgehead atoms. The fourth-order valence-corrected chi connectivity index (χ4v) is 2.81. The summed E-state index contributed by atoms with van der Waals surface area (Å²) in [5.41, 5.74) is 0.863. The van der Waals surface area contributed by atoms with Gasteiger partial charge >= 0.3 is 11.2 Å². The van der Waals surface area contributed by atoms with E-state index in [0.29, 0.717) is 17.3 Å². The Labute approximate surface area is 160 Å². The second-order valence-corrected chi connectivity index (χ2v) is 6.22. The van der Waals surface area contributed by atoms with Crippen LogP contribution in [-0.4, -0.2) is 28.6 Å². The van der Waals surface area contributed by atoms with Crippen molar-refractivity contribution in [3.8, 4) is 11.6 Å². The van der Waals surface area contributed by atoms with E-state index in [-0.39, 0.29) is 12.4 Å². The van der Waals surface area contributed by atoms with Crippen molar-refractivity contribution >= 4 is 11.6 Å². The van der Waals surface area contributed by atoms with E-state index in [2.05, 4.69) is 5.10 Å². The number of aromatic nitrogens is 3. The van der Waals surface area contributed by atoms with E-state index in [9.17, 15) is 9.59 Å². The zero-order valence-corrected chi connectivity index (χ0v) is 15.6. The molecule has 0 spiro atoms. The van der Waals surface area contributed by atoms with E-state index >= 15 is 0 Å². The van der Waals surface area contributed by atoms with Crippen LogP contribution in [0.5, 0.6) is 5.88 Å².